The molecule has 112 valence electrons. The molecule has 0 radical (unpaired) electrons. The molecule has 0 spiro atoms. The van der Waals surface area contributed by atoms with Gasteiger partial charge in [-0.15, -0.1) is 11.3 Å². The molecule has 20 heavy (non-hydrogen) atoms. The molecule has 1 atom stereocenters. The summed E-state index contributed by atoms with van der Waals surface area (Å²) >= 11 is 1.75. The molecule has 1 aromatic rings. The van der Waals surface area contributed by atoms with Gasteiger partial charge in [-0.2, -0.15) is 0 Å². The molecular weight excluding hydrogens is 272 g/mol. The lowest BCUT2D eigenvalue weighted by Crippen LogP contribution is -2.53. The number of anilines is 1. The van der Waals surface area contributed by atoms with E-state index in [0.29, 0.717) is 0 Å². The second-order valence-corrected chi connectivity index (χ2v) is 6.26. The standard InChI is InChI=1S/C14H24N4OS/c1-3-5-12(15)13(19)17-6-8-18(9-7-17)14-16-10-11(4-2)20-14/h10,12H,3-9,15H2,1-2H3. The van der Waals surface area contributed by atoms with Gasteiger partial charge in [-0.25, -0.2) is 4.98 Å². The molecule has 1 aliphatic rings. The van der Waals surface area contributed by atoms with E-state index in [9.17, 15) is 4.79 Å². The summed E-state index contributed by atoms with van der Waals surface area (Å²) in [7, 11) is 0. The maximum absolute atomic E-state index is 12.2. The van der Waals surface area contributed by atoms with Gasteiger partial charge in [-0.1, -0.05) is 20.3 Å². The van der Waals surface area contributed by atoms with Gasteiger partial charge in [0.15, 0.2) is 5.13 Å². The van der Waals surface area contributed by atoms with E-state index in [2.05, 4.69) is 23.7 Å². The summed E-state index contributed by atoms with van der Waals surface area (Å²) in [4.78, 5) is 22.1. The number of thiazole rings is 1. The molecule has 6 heteroatoms. The van der Waals surface area contributed by atoms with Crippen LogP contribution >= 0.6 is 11.3 Å². The molecule has 5 nitrogen and oxygen atoms in total. The molecule has 1 aliphatic heterocycles. The van der Waals surface area contributed by atoms with Gasteiger partial charge in [0, 0.05) is 37.3 Å². The lowest BCUT2D eigenvalue weighted by Gasteiger charge is -2.35. The summed E-state index contributed by atoms with van der Waals surface area (Å²) in [5.74, 6) is 0.0971. The first-order chi connectivity index (χ1) is 9.65. The smallest absolute Gasteiger partial charge is 0.239 e. The molecule has 0 aliphatic carbocycles. The van der Waals surface area contributed by atoms with Crippen LogP contribution in [0.5, 0.6) is 0 Å². The quantitative estimate of drug-likeness (QED) is 0.894. The second-order valence-electron chi connectivity index (χ2n) is 5.17. The second kappa shape index (κ2) is 7.04. The molecule has 0 saturated carbocycles. The molecule has 0 aromatic carbocycles. The number of nitrogens with zero attached hydrogens (tertiary/aromatic N) is 3. The van der Waals surface area contributed by atoms with E-state index in [4.69, 9.17) is 5.73 Å². The van der Waals surface area contributed by atoms with Crippen molar-refractivity contribution >= 4 is 22.4 Å². The fourth-order valence-electron chi connectivity index (χ4n) is 2.39. The number of carbonyl (C=O) groups excluding carboxylic acids is 1. The molecule has 1 fully saturated rings. The van der Waals surface area contributed by atoms with E-state index >= 15 is 0 Å². The van der Waals surface area contributed by atoms with Crippen molar-refractivity contribution in [1.82, 2.24) is 9.88 Å². The number of hydrogen-bond acceptors (Lipinski definition) is 5. The number of piperazine rings is 1. The topological polar surface area (TPSA) is 62.5 Å². The van der Waals surface area contributed by atoms with Crippen molar-refractivity contribution in [3.63, 3.8) is 0 Å². The number of nitrogens with two attached hydrogens (primary N) is 1. The Morgan fingerprint density at radius 2 is 2.10 bits per heavy atom. The normalized spacial score (nSPS) is 17.4. The Bertz CT molecular complexity index is 440. The van der Waals surface area contributed by atoms with Crippen LogP contribution in [-0.4, -0.2) is 48.0 Å². The van der Waals surface area contributed by atoms with Gasteiger partial charge in [-0.05, 0) is 12.8 Å². The van der Waals surface area contributed by atoms with E-state index in [0.717, 1.165) is 50.6 Å². The van der Waals surface area contributed by atoms with Crippen LogP contribution in [0.25, 0.3) is 0 Å². The third kappa shape index (κ3) is 3.49. The Morgan fingerprint density at radius 3 is 2.65 bits per heavy atom. The van der Waals surface area contributed by atoms with Gasteiger partial charge < -0.3 is 15.5 Å². The highest BCUT2D eigenvalue weighted by molar-refractivity contribution is 7.15. The Morgan fingerprint density at radius 1 is 1.40 bits per heavy atom. The highest BCUT2D eigenvalue weighted by Gasteiger charge is 2.25. The van der Waals surface area contributed by atoms with E-state index in [1.165, 1.54) is 4.88 Å². The lowest BCUT2D eigenvalue weighted by molar-refractivity contribution is -0.133. The summed E-state index contributed by atoms with van der Waals surface area (Å²) in [6, 6.07) is -0.335. The average Bonchev–Trinajstić information content (AvgIpc) is 2.96. The number of amides is 1. The molecule has 1 saturated heterocycles. The molecule has 2 rings (SSSR count). The van der Waals surface area contributed by atoms with Crippen LogP contribution < -0.4 is 10.6 Å². The van der Waals surface area contributed by atoms with E-state index < -0.39 is 0 Å². The third-order valence-electron chi connectivity index (χ3n) is 3.67. The van der Waals surface area contributed by atoms with Gasteiger partial charge in [0.1, 0.15) is 0 Å². The Kier molecular flexibility index (Phi) is 5.37. The fourth-order valence-corrected chi connectivity index (χ4v) is 3.30. The largest absolute Gasteiger partial charge is 0.345 e. The van der Waals surface area contributed by atoms with Crippen molar-refractivity contribution in [2.75, 3.05) is 31.1 Å². The van der Waals surface area contributed by atoms with Gasteiger partial charge >= 0.3 is 0 Å². The van der Waals surface area contributed by atoms with Gasteiger partial charge in [0.05, 0.1) is 6.04 Å². The van der Waals surface area contributed by atoms with Crippen molar-refractivity contribution in [3.05, 3.63) is 11.1 Å². The molecular formula is C14H24N4OS. The molecule has 1 amide bonds. The Labute approximate surface area is 124 Å². The predicted molar refractivity (Wildman–Crippen MR) is 83.2 cm³/mol. The monoisotopic (exact) mass is 296 g/mol. The summed E-state index contributed by atoms with van der Waals surface area (Å²) in [5, 5.41) is 1.08. The number of aromatic nitrogens is 1. The molecule has 1 aromatic heterocycles. The van der Waals surface area contributed by atoms with Crippen LogP contribution in [0.1, 0.15) is 31.6 Å². The lowest BCUT2D eigenvalue weighted by atomic mass is 10.1. The Balaban J connectivity index is 1.87. The summed E-state index contributed by atoms with van der Waals surface area (Å²) in [5.41, 5.74) is 5.91. The number of carbonyl (C=O) groups is 1. The highest BCUT2D eigenvalue weighted by atomic mass is 32.1. The van der Waals surface area contributed by atoms with Crippen LogP contribution in [0, 0.1) is 0 Å². The first-order valence-corrected chi connectivity index (χ1v) is 8.21. The zero-order valence-corrected chi connectivity index (χ0v) is 13.2. The summed E-state index contributed by atoms with van der Waals surface area (Å²) in [6.07, 6.45) is 4.70. The van der Waals surface area contributed by atoms with E-state index in [1.54, 1.807) is 11.3 Å². The zero-order chi connectivity index (χ0) is 14.5. The first-order valence-electron chi connectivity index (χ1n) is 7.39. The van der Waals surface area contributed by atoms with Crippen molar-refractivity contribution in [1.29, 1.82) is 0 Å². The third-order valence-corrected chi connectivity index (χ3v) is 4.87. The molecule has 2 N–H and O–H groups in total. The van der Waals surface area contributed by atoms with E-state index in [-0.39, 0.29) is 11.9 Å². The van der Waals surface area contributed by atoms with Gasteiger partial charge in [0.2, 0.25) is 5.91 Å². The van der Waals surface area contributed by atoms with Crippen LogP contribution in [-0.2, 0) is 11.2 Å². The maximum atomic E-state index is 12.2. The SMILES string of the molecule is CCCC(N)C(=O)N1CCN(c2ncc(CC)s2)CC1. The van der Waals surface area contributed by atoms with Gasteiger partial charge in [0.25, 0.3) is 0 Å². The Hall–Kier alpha value is -1.14. The minimum absolute atomic E-state index is 0.0971. The molecule has 1 unspecified atom stereocenters. The van der Waals surface area contributed by atoms with Crippen LogP contribution in [0.2, 0.25) is 0 Å². The molecule has 0 bridgehead atoms. The van der Waals surface area contributed by atoms with Crippen LogP contribution in [0.15, 0.2) is 6.20 Å². The first kappa shape index (κ1) is 15.3. The zero-order valence-electron chi connectivity index (χ0n) is 12.3. The average molecular weight is 296 g/mol. The van der Waals surface area contributed by atoms with Crippen LogP contribution in [0.3, 0.4) is 0 Å². The number of rotatable bonds is 5. The molecule has 2 heterocycles. The summed E-state index contributed by atoms with van der Waals surface area (Å²) < 4.78 is 0. The predicted octanol–water partition coefficient (Wildman–Crippen LogP) is 1.48. The minimum Gasteiger partial charge on any atom is -0.345 e. The maximum Gasteiger partial charge on any atom is 0.239 e. The number of hydrogen-bond donors (Lipinski definition) is 1. The van der Waals surface area contributed by atoms with Crippen molar-refractivity contribution in [3.8, 4) is 0 Å². The van der Waals surface area contributed by atoms with Crippen molar-refractivity contribution in [2.24, 2.45) is 5.73 Å². The number of aryl methyl sites for hydroxylation is 1. The van der Waals surface area contributed by atoms with Crippen molar-refractivity contribution < 1.29 is 4.79 Å². The van der Waals surface area contributed by atoms with Crippen LogP contribution in [0.4, 0.5) is 5.13 Å². The highest BCUT2D eigenvalue weighted by Crippen LogP contribution is 2.23. The fraction of sp³-hybridized carbons (Fsp3) is 0.714. The van der Waals surface area contributed by atoms with E-state index in [1.807, 2.05) is 11.1 Å². The minimum atomic E-state index is -0.335. The summed E-state index contributed by atoms with van der Waals surface area (Å²) in [6.45, 7) is 7.39. The van der Waals surface area contributed by atoms with Gasteiger partial charge in [-0.3, -0.25) is 4.79 Å². The van der Waals surface area contributed by atoms with Crippen molar-refractivity contribution in [2.45, 2.75) is 39.2 Å².